The lowest BCUT2D eigenvalue weighted by molar-refractivity contribution is 0.278. The van der Waals surface area contributed by atoms with Crippen LogP contribution in [0.15, 0.2) is 18.2 Å². The second-order valence-corrected chi connectivity index (χ2v) is 7.77. The highest BCUT2D eigenvalue weighted by molar-refractivity contribution is 7.88. The highest BCUT2D eigenvalue weighted by Gasteiger charge is 2.21. The van der Waals surface area contributed by atoms with Crippen LogP contribution in [0.3, 0.4) is 0 Å². The fraction of sp³-hybridized carbons (Fsp3) is 0.600. The maximum Gasteiger partial charge on any atom is 0.211 e. The third kappa shape index (κ3) is 4.30. The predicted molar refractivity (Wildman–Crippen MR) is 82.2 cm³/mol. The molecule has 0 amide bonds. The van der Waals surface area contributed by atoms with Gasteiger partial charge >= 0.3 is 0 Å². The van der Waals surface area contributed by atoms with Crippen molar-refractivity contribution >= 4 is 10.0 Å². The Morgan fingerprint density at radius 2 is 1.65 bits per heavy atom. The monoisotopic (exact) mass is 296 g/mol. The van der Waals surface area contributed by atoms with Crippen molar-refractivity contribution in [1.29, 1.82) is 0 Å². The largest absolute Gasteiger partial charge is 0.298 e. The SMILES string of the molecule is Cc1cc(C)cc(CN2CCCN(S(C)(=O)=O)CC2)c1. The Labute approximate surface area is 122 Å². The number of benzene rings is 1. The first-order valence-corrected chi connectivity index (χ1v) is 8.94. The first-order chi connectivity index (χ1) is 9.34. The van der Waals surface area contributed by atoms with E-state index in [1.54, 1.807) is 4.31 Å². The molecule has 2 rings (SSSR count). The average Bonchev–Trinajstić information content (AvgIpc) is 2.52. The van der Waals surface area contributed by atoms with Gasteiger partial charge in [0.2, 0.25) is 10.0 Å². The maximum absolute atomic E-state index is 11.6. The summed E-state index contributed by atoms with van der Waals surface area (Å²) in [6, 6.07) is 6.61. The molecule has 0 unspecified atom stereocenters. The zero-order chi connectivity index (χ0) is 14.8. The van der Waals surface area contributed by atoms with E-state index in [1.807, 2.05) is 0 Å². The first-order valence-electron chi connectivity index (χ1n) is 7.09. The molecule has 1 aromatic rings. The van der Waals surface area contributed by atoms with E-state index in [1.165, 1.54) is 22.9 Å². The predicted octanol–water partition coefficient (Wildman–Crippen LogP) is 1.77. The van der Waals surface area contributed by atoms with Gasteiger partial charge in [0, 0.05) is 26.2 Å². The maximum atomic E-state index is 11.6. The molecule has 1 aromatic carbocycles. The number of sulfonamides is 1. The number of nitrogens with zero attached hydrogens (tertiary/aromatic N) is 2. The van der Waals surface area contributed by atoms with Gasteiger partial charge in [-0.25, -0.2) is 12.7 Å². The number of rotatable bonds is 3. The Balaban J connectivity index is 2.01. The Bertz CT molecular complexity index is 549. The van der Waals surface area contributed by atoms with Crippen LogP contribution < -0.4 is 0 Å². The van der Waals surface area contributed by atoms with E-state index in [0.29, 0.717) is 13.1 Å². The Morgan fingerprint density at radius 3 is 2.25 bits per heavy atom. The molecule has 1 saturated heterocycles. The van der Waals surface area contributed by atoms with Crippen molar-refractivity contribution in [2.24, 2.45) is 0 Å². The van der Waals surface area contributed by atoms with Gasteiger partial charge in [-0.15, -0.1) is 0 Å². The number of aryl methyl sites for hydroxylation is 2. The van der Waals surface area contributed by atoms with Crippen molar-refractivity contribution < 1.29 is 8.42 Å². The third-order valence-corrected chi connectivity index (χ3v) is 5.01. The molecule has 1 heterocycles. The summed E-state index contributed by atoms with van der Waals surface area (Å²) in [5.41, 5.74) is 3.88. The quantitative estimate of drug-likeness (QED) is 0.853. The first kappa shape index (κ1) is 15.5. The molecule has 5 heteroatoms. The summed E-state index contributed by atoms with van der Waals surface area (Å²) in [7, 11) is -3.05. The van der Waals surface area contributed by atoms with E-state index < -0.39 is 10.0 Å². The van der Waals surface area contributed by atoms with Gasteiger partial charge in [0.1, 0.15) is 0 Å². The van der Waals surface area contributed by atoms with Gasteiger partial charge < -0.3 is 0 Å². The van der Waals surface area contributed by atoms with E-state index in [-0.39, 0.29) is 0 Å². The van der Waals surface area contributed by atoms with Crippen molar-refractivity contribution in [3.8, 4) is 0 Å². The van der Waals surface area contributed by atoms with Crippen LogP contribution in [-0.2, 0) is 16.6 Å². The van der Waals surface area contributed by atoms with Gasteiger partial charge in [0.15, 0.2) is 0 Å². The fourth-order valence-corrected chi connectivity index (χ4v) is 3.73. The van der Waals surface area contributed by atoms with E-state index in [0.717, 1.165) is 26.1 Å². The third-order valence-electron chi connectivity index (χ3n) is 3.70. The van der Waals surface area contributed by atoms with Crippen LogP contribution in [0.25, 0.3) is 0 Å². The fourth-order valence-electron chi connectivity index (χ4n) is 2.86. The minimum atomic E-state index is -3.05. The van der Waals surface area contributed by atoms with Crippen LogP contribution in [0.1, 0.15) is 23.1 Å². The standard InChI is InChI=1S/C15H24N2O2S/c1-13-9-14(2)11-15(10-13)12-16-5-4-6-17(8-7-16)20(3,18)19/h9-11H,4-8,12H2,1-3H3. The van der Waals surface area contributed by atoms with Gasteiger partial charge in [-0.3, -0.25) is 4.90 Å². The van der Waals surface area contributed by atoms with E-state index in [4.69, 9.17) is 0 Å². The van der Waals surface area contributed by atoms with Gasteiger partial charge in [-0.05, 0) is 32.4 Å². The molecule has 0 atom stereocenters. The minimum Gasteiger partial charge on any atom is -0.298 e. The highest BCUT2D eigenvalue weighted by Crippen LogP contribution is 2.14. The molecule has 0 spiro atoms. The lowest BCUT2D eigenvalue weighted by Crippen LogP contribution is -2.34. The number of hydrogen-bond acceptors (Lipinski definition) is 3. The molecule has 0 saturated carbocycles. The lowest BCUT2D eigenvalue weighted by atomic mass is 10.1. The summed E-state index contributed by atoms with van der Waals surface area (Å²) in [6.07, 6.45) is 2.20. The van der Waals surface area contributed by atoms with Crippen LogP contribution >= 0.6 is 0 Å². The van der Waals surface area contributed by atoms with Crippen LogP contribution in [0.4, 0.5) is 0 Å². The smallest absolute Gasteiger partial charge is 0.211 e. The lowest BCUT2D eigenvalue weighted by Gasteiger charge is -2.21. The van der Waals surface area contributed by atoms with Gasteiger partial charge in [0.05, 0.1) is 6.26 Å². The molecule has 0 radical (unpaired) electrons. The molecule has 0 aliphatic carbocycles. The highest BCUT2D eigenvalue weighted by atomic mass is 32.2. The summed E-state index contributed by atoms with van der Waals surface area (Å²) in [5, 5.41) is 0. The molecule has 0 aromatic heterocycles. The second-order valence-electron chi connectivity index (χ2n) is 5.79. The van der Waals surface area contributed by atoms with Crippen molar-refractivity contribution in [1.82, 2.24) is 9.21 Å². The van der Waals surface area contributed by atoms with Crippen LogP contribution in [-0.4, -0.2) is 50.1 Å². The topological polar surface area (TPSA) is 40.6 Å². The van der Waals surface area contributed by atoms with Crippen molar-refractivity contribution in [3.05, 3.63) is 34.9 Å². The zero-order valence-electron chi connectivity index (χ0n) is 12.6. The summed E-state index contributed by atoms with van der Waals surface area (Å²) < 4.78 is 24.8. The normalized spacial score (nSPS) is 18.9. The average molecular weight is 296 g/mol. The Kier molecular flexibility index (Phi) is 4.83. The molecule has 1 fully saturated rings. The van der Waals surface area contributed by atoms with Crippen LogP contribution in [0, 0.1) is 13.8 Å². The van der Waals surface area contributed by atoms with Gasteiger partial charge in [-0.2, -0.15) is 0 Å². The molecular formula is C15H24N2O2S. The second kappa shape index (κ2) is 6.24. The minimum absolute atomic E-state index is 0.601. The Morgan fingerprint density at radius 1 is 1.00 bits per heavy atom. The van der Waals surface area contributed by atoms with Gasteiger partial charge in [0.25, 0.3) is 0 Å². The van der Waals surface area contributed by atoms with E-state index in [9.17, 15) is 8.42 Å². The summed E-state index contributed by atoms with van der Waals surface area (Å²) in [6.45, 7) is 8.14. The zero-order valence-corrected chi connectivity index (χ0v) is 13.4. The summed E-state index contributed by atoms with van der Waals surface area (Å²) in [4.78, 5) is 2.35. The van der Waals surface area contributed by atoms with Crippen molar-refractivity contribution in [2.45, 2.75) is 26.8 Å². The molecule has 0 N–H and O–H groups in total. The summed E-state index contributed by atoms with van der Waals surface area (Å²) in [5.74, 6) is 0. The molecule has 20 heavy (non-hydrogen) atoms. The molecule has 4 nitrogen and oxygen atoms in total. The van der Waals surface area contributed by atoms with Crippen molar-refractivity contribution in [3.63, 3.8) is 0 Å². The van der Waals surface area contributed by atoms with E-state index in [2.05, 4.69) is 36.9 Å². The van der Waals surface area contributed by atoms with E-state index >= 15 is 0 Å². The molecular weight excluding hydrogens is 272 g/mol. The Hall–Kier alpha value is -0.910. The molecule has 1 aliphatic rings. The summed E-state index contributed by atoms with van der Waals surface area (Å²) >= 11 is 0. The molecule has 1 aliphatic heterocycles. The molecule has 0 bridgehead atoms. The van der Waals surface area contributed by atoms with Crippen LogP contribution in [0.2, 0.25) is 0 Å². The molecule has 112 valence electrons. The number of hydrogen-bond donors (Lipinski definition) is 0. The van der Waals surface area contributed by atoms with Crippen LogP contribution in [0.5, 0.6) is 0 Å². The van der Waals surface area contributed by atoms with Crippen molar-refractivity contribution in [2.75, 3.05) is 32.4 Å². The van der Waals surface area contributed by atoms with Gasteiger partial charge in [-0.1, -0.05) is 29.3 Å².